The van der Waals surface area contributed by atoms with Crippen LogP contribution in [0.4, 0.5) is 10.5 Å². The zero-order valence-electron chi connectivity index (χ0n) is 15.1. The summed E-state index contributed by atoms with van der Waals surface area (Å²) in [5, 5.41) is 3.02. The first-order chi connectivity index (χ1) is 12.8. The molecule has 2 aromatic rings. The van der Waals surface area contributed by atoms with Crippen molar-refractivity contribution in [2.75, 3.05) is 25.6 Å². The lowest BCUT2D eigenvalue weighted by atomic mass is 10.2. The third-order valence-electron chi connectivity index (χ3n) is 4.39. The molecule has 1 N–H and O–H groups in total. The fraction of sp³-hybridized carbons (Fsp3) is 0.400. The van der Waals surface area contributed by atoms with Crippen LogP contribution in [0.1, 0.15) is 24.0 Å². The van der Waals surface area contributed by atoms with Crippen LogP contribution in [-0.2, 0) is 22.6 Å². The number of hydrogen-bond donors (Lipinski definition) is 1. The average Bonchev–Trinajstić information content (AvgIpc) is 3.17. The highest BCUT2D eigenvalue weighted by Gasteiger charge is 2.23. The van der Waals surface area contributed by atoms with Crippen molar-refractivity contribution in [1.29, 1.82) is 0 Å². The van der Waals surface area contributed by atoms with Crippen LogP contribution in [0.3, 0.4) is 0 Å². The Labute approximate surface area is 154 Å². The van der Waals surface area contributed by atoms with Crippen molar-refractivity contribution in [1.82, 2.24) is 9.88 Å². The number of nitrogens with one attached hydrogen (secondary N) is 1. The summed E-state index contributed by atoms with van der Waals surface area (Å²) in [6, 6.07) is 11.4. The molecule has 2 amide bonds. The van der Waals surface area contributed by atoms with E-state index in [1.165, 1.54) is 0 Å². The Bertz CT molecular complexity index is 702. The zero-order chi connectivity index (χ0) is 18.2. The third kappa shape index (κ3) is 5.03. The van der Waals surface area contributed by atoms with Gasteiger partial charge in [-0.25, -0.2) is 4.79 Å². The molecule has 0 saturated carbocycles. The fourth-order valence-electron chi connectivity index (χ4n) is 3.08. The van der Waals surface area contributed by atoms with Gasteiger partial charge in [0.15, 0.2) is 0 Å². The maximum atomic E-state index is 13.0. The highest BCUT2D eigenvalue weighted by molar-refractivity contribution is 5.90. The number of carbonyl (C=O) groups excluding carboxylic acids is 1. The molecular weight excluding hydrogens is 330 g/mol. The SMILES string of the molecule is COCc1ccccc1NC(=O)N(Cc1cccnc1)CC1CCCO1. The number of urea groups is 1. The Morgan fingerprint density at radius 1 is 1.35 bits per heavy atom. The Hall–Kier alpha value is -2.44. The minimum atomic E-state index is -0.145. The van der Waals surface area contributed by atoms with Gasteiger partial charge in [0.2, 0.25) is 0 Å². The summed E-state index contributed by atoms with van der Waals surface area (Å²) < 4.78 is 10.9. The predicted octanol–water partition coefficient (Wildman–Crippen LogP) is 3.44. The van der Waals surface area contributed by atoms with Crippen LogP contribution in [-0.4, -0.2) is 42.3 Å². The molecule has 0 bridgehead atoms. The minimum absolute atomic E-state index is 0.0895. The molecule has 1 aromatic carbocycles. The lowest BCUT2D eigenvalue weighted by Gasteiger charge is -2.26. The largest absolute Gasteiger partial charge is 0.380 e. The van der Waals surface area contributed by atoms with Crippen molar-refractivity contribution in [3.63, 3.8) is 0 Å². The quantitative estimate of drug-likeness (QED) is 0.826. The Morgan fingerprint density at radius 3 is 2.96 bits per heavy atom. The van der Waals surface area contributed by atoms with Crippen molar-refractivity contribution in [2.24, 2.45) is 0 Å². The molecule has 3 rings (SSSR count). The van der Waals surface area contributed by atoms with E-state index in [2.05, 4.69) is 10.3 Å². The lowest BCUT2D eigenvalue weighted by molar-refractivity contribution is 0.0819. The first-order valence-electron chi connectivity index (χ1n) is 8.89. The minimum Gasteiger partial charge on any atom is -0.380 e. The van der Waals surface area contributed by atoms with Gasteiger partial charge < -0.3 is 19.7 Å². The molecule has 0 spiro atoms. The first-order valence-corrected chi connectivity index (χ1v) is 8.89. The van der Waals surface area contributed by atoms with Crippen LogP contribution in [0, 0.1) is 0 Å². The fourth-order valence-corrected chi connectivity index (χ4v) is 3.08. The first kappa shape index (κ1) is 18.4. The second-order valence-electron chi connectivity index (χ2n) is 6.40. The molecule has 1 fully saturated rings. The summed E-state index contributed by atoms with van der Waals surface area (Å²) in [5.41, 5.74) is 2.70. The van der Waals surface area contributed by atoms with E-state index in [1.54, 1.807) is 24.4 Å². The Morgan fingerprint density at radius 2 is 2.23 bits per heavy atom. The molecule has 0 aliphatic carbocycles. The maximum Gasteiger partial charge on any atom is 0.322 e. The van der Waals surface area contributed by atoms with Crippen molar-refractivity contribution < 1.29 is 14.3 Å². The highest BCUT2D eigenvalue weighted by atomic mass is 16.5. The number of benzene rings is 1. The van der Waals surface area contributed by atoms with Crippen molar-refractivity contribution >= 4 is 11.7 Å². The van der Waals surface area contributed by atoms with Gasteiger partial charge in [-0.15, -0.1) is 0 Å². The van der Waals surface area contributed by atoms with Crippen LogP contribution in [0.25, 0.3) is 0 Å². The van der Waals surface area contributed by atoms with Gasteiger partial charge >= 0.3 is 6.03 Å². The number of pyridine rings is 1. The molecule has 1 unspecified atom stereocenters. The highest BCUT2D eigenvalue weighted by Crippen LogP contribution is 2.19. The van der Waals surface area contributed by atoms with Crippen LogP contribution < -0.4 is 5.32 Å². The zero-order valence-corrected chi connectivity index (χ0v) is 15.1. The molecule has 6 heteroatoms. The van der Waals surface area contributed by atoms with Gasteiger partial charge in [0, 0.05) is 50.5 Å². The van der Waals surface area contributed by atoms with Gasteiger partial charge in [-0.1, -0.05) is 24.3 Å². The monoisotopic (exact) mass is 355 g/mol. The summed E-state index contributed by atoms with van der Waals surface area (Å²) in [7, 11) is 1.64. The number of anilines is 1. The maximum absolute atomic E-state index is 13.0. The number of ether oxygens (including phenoxy) is 2. The predicted molar refractivity (Wildman–Crippen MR) is 99.8 cm³/mol. The van der Waals surface area contributed by atoms with Gasteiger partial charge in [-0.05, 0) is 30.5 Å². The lowest BCUT2D eigenvalue weighted by Crippen LogP contribution is -2.39. The topological polar surface area (TPSA) is 63.7 Å². The van der Waals surface area contributed by atoms with Gasteiger partial charge in [0.25, 0.3) is 0 Å². The molecular formula is C20H25N3O3. The summed E-state index contributed by atoms with van der Waals surface area (Å²) >= 11 is 0. The van der Waals surface area contributed by atoms with E-state index in [-0.39, 0.29) is 12.1 Å². The van der Waals surface area contributed by atoms with Crippen molar-refractivity contribution in [3.05, 3.63) is 59.9 Å². The molecule has 1 atom stereocenters. The molecule has 26 heavy (non-hydrogen) atoms. The van der Waals surface area contributed by atoms with Crippen molar-refractivity contribution in [3.8, 4) is 0 Å². The third-order valence-corrected chi connectivity index (χ3v) is 4.39. The molecule has 0 radical (unpaired) electrons. The second-order valence-corrected chi connectivity index (χ2v) is 6.40. The van der Waals surface area contributed by atoms with E-state index in [9.17, 15) is 4.79 Å². The van der Waals surface area contributed by atoms with E-state index in [0.717, 1.165) is 36.3 Å². The van der Waals surface area contributed by atoms with Gasteiger partial charge in [0.05, 0.1) is 12.7 Å². The number of nitrogens with zero attached hydrogens (tertiary/aromatic N) is 2. The van der Waals surface area contributed by atoms with E-state index in [4.69, 9.17) is 9.47 Å². The van der Waals surface area contributed by atoms with Crippen LogP contribution >= 0.6 is 0 Å². The van der Waals surface area contributed by atoms with Crippen LogP contribution in [0.2, 0.25) is 0 Å². The number of rotatable bonds is 7. The normalized spacial score (nSPS) is 16.4. The molecule has 6 nitrogen and oxygen atoms in total. The average molecular weight is 355 g/mol. The number of hydrogen-bond acceptors (Lipinski definition) is 4. The Balaban J connectivity index is 1.73. The second kappa shape index (κ2) is 9.31. The molecule has 1 aliphatic heterocycles. The number of para-hydroxylation sites is 1. The van der Waals surface area contributed by atoms with Crippen LogP contribution in [0.5, 0.6) is 0 Å². The summed E-state index contributed by atoms with van der Waals surface area (Å²) in [6.07, 6.45) is 5.64. The molecule has 138 valence electrons. The van der Waals surface area contributed by atoms with Gasteiger partial charge in [0.1, 0.15) is 0 Å². The molecule has 1 saturated heterocycles. The van der Waals surface area contributed by atoms with Crippen LogP contribution in [0.15, 0.2) is 48.8 Å². The van der Waals surface area contributed by atoms with E-state index in [0.29, 0.717) is 19.7 Å². The number of carbonyl (C=O) groups is 1. The number of amides is 2. The summed E-state index contributed by atoms with van der Waals surface area (Å²) in [4.78, 5) is 18.9. The van der Waals surface area contributed by atoms with E-state index < -0.39 is 0 Å². The van der Waals surface area contributed by atoms with Gasteiger partial charge in [-0.2, -0.15) is 0 Å². The molecule has 1 aliphatic rings. The standard InChI is InChI=1S/C20H25N3O3/c1-25-15-17-7-2-3-9-19(17)22-20(24)23(14-18-8-5-11-26-18)13-16-6-4-10-21-12-16/h2-4,6-7,9-10,12,18H,5,8,11,13-15H2,1H3,(H,22,24). The Kier molecular flexibility index (Phi) is 6.57. The van der Waals surface area contributed by atoms with Gasteiger partial charge in [-0.3, -0.25) is 4.98 Å². The number of methoxy groups -OCH3 is 1. The summed E-state index contributed by atoms with van der Waals surface area (Å²) in [6.45, 7) is 2.27. The van der Waals surface area contributed by atoms with E-state index >= 15 is 0 Å². The van der Waals surface area contributed by atoms with Crippen molar-refractivity contribution in [2.45, 2.75) is 32.1 Å². The molecule has 2 heterocycles. The molecule has 1 aromatic heterocycles. The number of aromatic nitrogens is 1. The smallest absolute Gasteiger partial charge is 0.322 e. The summed E-state index contributed by atoms with van der Waals surface area (Å²) in [5.74, 6) is 0. The van der Waals surface area contributed by atoms with E-state index in [1.807, 2.05) is 36.4 Å².